The first kappa shape index (κ1) is 23.3. The monoisotopic (exact) mass is 447 g/mol. The number of rotatable bonds is 8. The van der Waals surface area contributed by atoms with Gasteiger partial charge in [0.1, 0.15) is 12.3 Å². The van der Waals surface area contributed by atoms with E-state index in [-0.39, 0.29) is 35.5 Å². The maximum absolute atomic E-state index is 13.1. The summed E-state index contributed by atoms with van der Waals surface area (Å²) in [7, 11) is -3.85. The highest BCUT2D eigenvalue weighted by Crippen LogP contribution is 2.27. The third-order valence-corrected chi connectivity index (χ3v) is 7.47. The summed E-state index contributed by atoms with van der Waals surface area (Å²) >= 11 is 0. The molecule has 1 aromatic heterocycles. The molecule has 2 aromatic rings. The van der Waals surface area contributed by atoms with Crippen LogP contribution in [0.2, 0.25) is 0 Å². The Kier molecular flexibility index (Phi) is 7.09. The predicted octanol–water partition coefficient (Wildman–Crippen LogP) is 3.12. The van der Waals surface area contributed by atoms with Crippen LogP contribution in [0, 0.1) is 0 Å². The van der Waals surface area contributed by atoms with Gasteiger partial charge in [-0.2, -0.15) is 0 Å². The molecule has 1 aromatic carbocycles. The van der Waals surface area contributed by atoms with Gasteiger partial charge < -0.3 is 14.8 Å². The second-order valence-corrected chi connectivity index (χ2v) is 10.9. The number of benzene rings is 1. The number of sulfone groups is 1. The van der Waals surface area contributed by atoms with Gasteiger partial charge in [0.2, 0.25) is 11.8 Å². The fraction of sp³-hybridized carbons (Fsp3) is 0.565. The van der Waals surface area contributed by atoms with Gasteiger partial charge in [-0.15, -0.1) is 0 Å². The summed E-state index contributed by atoms with van der Waals surface area (Å²) in [5.74, 6) is -1.13. The van der Waals surface area contributed by atoms with Gasteiger partial charge in [0.05, 0.1) is 4.90 Å². The fourth-order valence-electron chi connectivity index (χ4n) is 4.58. The lowest BCUT2D eigenvalue weighted by Gasteiger charge is -2.31. The minimum absolute atomic E-state index is 0.0387. The van der Waals surface area contributed by atoms with Crippen LogP contribution in [0.5, 0.6) is 0 Å². The number of fused-ring (bicyclic) bond motifs is 1. The van der Waals surface area contributed by atoms with E-state index >= 15 is 0 Å². The number of nitrogens with one attached hydrogen (secondary N) is 1. The van der Waals surface area contributed by atoms with Gasteiger partial charge in [0.15, 0.2) is 9.84 Å². The van der Waals surface area contributed by atoms with E-state index in [1.54, 1.807) is 27.7 Å². The molecule has 1 aliphatic carbocycles. The minimum atomic E-state index is -3.85. The van der Waals surface area contributed by atoms with E-state index < -0.39 is 21.5 Å². The van der Waals surface area contributed by atoms with Gasteiger partial charge in [0, 0.05) is 35.2 Å². The highest BCUT2D eigenvalue weighted by Gasteiger charge is 2.27. The molecule has 1 heterocycles. The first-order valence-electron chi connectivity index (χ1n) is 11.0. The van der Waals surface area contributed by atoms with E-state index in [0.29, 0.717) is 10.9 Å². The molecule has 1 N–H and O–H groups in total. The molecule has 2 amide bonds. The predicted molar refractivity (Wildman–Crippen MR) is 122 cm³/mol. The molecule has 0 unspecified atom stereocenters. The SMILES string of the molecule is CC(C)N(C(=O)Cn1cc(S(=O)(=O)CC(=O)NC2CCCC2)c2ccccc21)C(C)C. The summed E-state index contributed by atoms with van der Waals surface area (Å²) in [6, 6.07) is 7.25. The van der Waals surface area contributed by atoms with Gasteiger partial charge >= 0.3 is 0 Å². The van der Waals surface area contributed by atoms with Crippen LogP contribution in [0.3, 0.4) is 0 Å². The number of carbonyl (C=O) groups excluding carboxylic acids is 2. The highest BCUT2D eigenvalue weighted by molar-refractivity contribution is 7.92. The number of nitrogens with zero attached hydrogens (tertiary/aromatic N) is 2. The van der Waals surface area contributed by atoms with Crippen molar-refractivity contribution < 1.29 is 18.0 Å². The van der Waals surface area contributed by atoms with Crippen LogP contribution in [-0.2, 0) is 26.0 Å². The molecule has 0 radical (unpaired) electrons. The molecule has 1 aliphatic rings. The first-order chi connectivity index (χ1) is 14.6. The number of hydrogen-bond donors (Lipinski definition) is 1. The van der Waals surface area contributed by atoms with Crippen molar-refractivity contribution in [1.82, 2.24) is 14.8 Å². The molecular weight excluding hydrogens is 414 g/mol. The fourth-order valence-corrected chi connectivity index (χ4v) is 5.96. The maximum atomic E-state index is 13.1. The van der Waals surface area contributed by atoms with Gasteiger partial charge in [-0.25, -0.2) is 8.42 Å². The second-order valence-electron chi connectivity index (χ2n) is 8.93. The Balaban J connectivity index is 1.88. The van der Waals surface area contributed by atoms with Crippen LogP contribution in [-0.4, -0.2) is 53.6 Å². The van der Waals surface area contributed by atoms with Crippen LogP contribution in [0.15, 0.2) is 35.4 Å². The summed E-state index contributed by atoms with van der Waals surface area (Å²) < 4.78 is 27.9. The zero-order valence-electron chi connectivity index (χ0n) is 18.8. The molecule has 0 aliphatic heterocycles. The largest absolute Gasteiger partial charge is 0.352 e. The molecule has 3 rings (SSSR count). The van der Waals surface area contributed by atoms with E-state index in [1.807, 2.05) is 33.8 Å². The van der Waals surface area contributed by atoms with Gasteiger partial charge in [-0.3, -0.25) is 9.59 Å². The van der Waals surface area contributed by atoms with E-state index in [0.717, 1.165) is 25.7 Å². The molecular formula is C23H33N3O4S. The average molecular weight is 448 g/mol. The second kappa shape index (κ2) is 9.42. The van der Waals surface area contributed by atoms with Crippen molar-refractivity contribution >= 4 is 32.6 Å². The molecule has 0 spiro atoms. The smallest absolute Gasteiger partial charge is 0.242 e. The summed E-state index contributed by atoms with van der Waals surface area (Å²) in [5.41, 5.74) is 0.665. The van der Waals surface area contributed by atoms with Crippen molar-refractivity contribution in [2.45, 2.75) is 82.9 Å². The number of carbonyl (C=O) groups is 2. The Labute approximate surface area is 184 Å². The standard InChI is InChI=1S/C23H33N3O4S/c1-16(2)26(17(3)4)23(28)14-25-13-21(19-11-7-8-12-20(19)25)31(29,30)15-22(27)24-18-9-5-6-10-18/h7-8,11-13,16-18H,5-6,9-10,14-15H2,1-4H3,(H,24,27). The van der Waals surface area contributed by atoms with E-state index in [4.69, 9.17) is 0 Å². The number of hydrogen-bond acceptors (Lipinski definition) is 4. The van der Waals surface area contributed by atoms with Crippen molar-refractivity contribution in [2.75, 3.05) is 5.75 Å². The topological polar surface area (TPSA) is 88.5 Å². The summed E-state index contributed by atoms with van der Waals surface area (Å²) in [4.78, 5) is 27.2. The van der Waals surface area contributed by atoms with Gasteiger partial charge in [0.25, 0.3) is 0 Å². The van der Waals surface area contributed by atoms with Crippen molar-refractivity contribution in [1.29, 1.82) is 0 Å². The molecule has 7 nitrogen and oxygen atoms in total. The lowest BCUT2D eigenvalue weighted by atomic mass is 10.2. The molecule has 1 saturated carbocycles. The minimum Gasteiger partial charge on any atom is -0.352 e. The van der Waals surface area contributed by atoms with Crippen molar-refractivity contribution in [3.8, 4) is 0 Å². The van der Waals surface area contributed by atoms with Gasteiger partial charge in [-0.05, 0) is 46.6 Å². The Bertz CT molecular complexity index is 1040. The highest BCUT2D eigenvalue weighted by atomic mass is 32.2. The normalized spacial score (nSPS) is 15.2. The Morgan fingerprint density at radius 1 is 1.10 bits per heavy atom. The zero-order chi connectivity index (χ0) is 22.8. The molecule has 170 valence electrons. The molecule has 1 fully saturated rings. The van der Waals surface area contributed by atoms with E-state index in [2.05, 4.69) is 5.32 Å². The van der Waals surface area contributed by atoms with Crippen LogP contribution in [0.1, 0.15) is 53.4 Å². The van der Waals surface area contributed by atoms with E-state index in [1.165, 1.54) is 6.20 Å². The molecule has 0 saturated heterocycles. The maximum Gasteiger partial charge on any atom is 0.242 e. The Hall–Kier alpha value is -2.35. The summed E-state index contributed by atoms with van der Waals surface area (Å²) in [6.07, 6.45) is 5.41. The number of para-hydroxylation sites is 1. The molecule has 31 heavy (non-hydrogen) atoms. The third kappa shape index (κ3) is 5.29. The van der Waals surface area contributed by atoms with Crippen molar-refractivity contribution in [3.63, 3.8) is 0 Å². The lowest BCUT2D eigenvalue weighted by molar-refractivity contribution is -0.135. The summed E-state index contributed by atoms with van der Waals surface area (Å²) in [6.45, 7) is 7.89. The van der Waals surface area contributed by atoms with Crippen molar-refractivity contribution in [2.24, 2.45) is 0 Å². The average Bonchev–Trinajstić information content (AvgIpc) is 3.29. The van der Waals surface area contributed by atoms with E-state index in [9.17, 15) is 18.0 Å². The quantitative estimate of drug-likeness (QED) is 0.673. The number of amides is 2. The number of aromatic nitrogens is 1. The van der Waals surface area contributed by atoms with Crippen LogP contribution in [0.4, 0.5) is 0 Å². The Morgan fingerprint density at radius 3 is 2.32 bits per heavy atom. The molecule has 0 bridgehead atoms. The zero-order valence-corrected chi connectivity index (χ0v) is 19.6. The molecule has 0 atom stereocenters. The van der Waals surface area contributed by atoms with Gasteiger partial charge in [-0.1, -0.05) is 31.0 Å². The Morgan fingerprint density at radius 2 is 1.71 bits per heavy atom. The van der Waals surface area contributed by atoms with Crippen molar-refractivity contribution in [3.05, 3.63) is 30.5 Å². The van der Waals surface area contributed by atoms with Crippen LogP contribution in [0.25, 0.3) is 10.9 Å². The van der Waals surface area contributed by atoms with Crippen LogP contribution >= 0.6 is 0 Å². The molecule has 8 heteroatoms. The lowest BCUT2D eigenvalue weighted by Crippen LogP contribution is -2.43. The third-order valence-electron chi connectivity index (χ3n) is 5.83. The first-order valence-corrected chi connectivity index (χ1v) is 12.7. The summed E-state index contributed by atoms with van der Waals surface area (Å²) in [5, 5.41) is 3.38. The van der Waals surface area contributed by atoms with Crippen LogP contribution < -0.4 is 5.32 Å².